The Morgan fingerprint density at radius 2 is 2.03 bits per heavy atom. The number of piperazine rings is 1. The number of amides is 4. The largest absolute Gasteiger partial charge is 0.495 e. The fraction of sp³-hybridized carbons (Fsp3) is 0.571. The van der Waals surface area contributed by atoms with Gasteiger partial charge in [-0.05, 0) is 37.8 Å². The number of anilines is 1. The van der Waals surface area contributed by atoms with Gasteiger partial charge < -0.3 is 20.3 Å². The smallest absolute Gasteiger partial charge is 0.318 e. The maximum atomic E-state index is 12.8. The van der Waals surface area contributed by atoms with Gasteiger partial charge in [-0.1, -0.05) is 18.5 Å². The molecule has 1 aromatic carbocycles. The van der Waals surface area contributed by atoms with E-state index in [0.29, 0.717) is 43.2 Å². The molecule has 0 aromatic heterocycles. The van der Waals surface area contributed by atoms with Crippen LogP contribution in [0.1, 0.15) is 32.3 Å². The number of hydrogen-bond acceptors (Lipinski definition) is 5. The molecule has 30 heavy (non-hydrogen) atoms. The highest BCUT2D eigenvalue weighted by Gasteiger charge is 2.57. The topological polar surface area (TPSA) is 105 Å². The fourth-order valence-electron chi connectivity index (χ4n) is 4.22. The molecule has 2 fully saturated rings. The van der Waals surface area contributed by atoms with Crippen LogP contribution in [0, 0.1) is 18.3 Å². The number of benzene rings is 1. The summed E-state index contributed by atoms with van der Waals surface area (Å²) in [6, 6.07) is 3.22. The van der Waals surface area contributed by atoms with E-state index in [1.165, 1.54) is 0 Å². The number of primary amides is 1. The first-order valence-electron chi connectivity index (χ1n) is 10.1. The number of nitrogens with one attached hydrogen (secondary N) is 1. The van der Waals surface area contributed by atoms with Crippen molar-refractivity contribution < 1.29 is 19.1 Å². The molecule has 1 aromatic rings. The number of urea groups is 1. The lowest BCUT2D eigenvalue weighted by atomic mass is 10.0. The van der Waals surface area contributed by atoms with Gasteiger partial charge in [0.25, 0.3) is 0 Å². The minimum absolute atomic E-state index is 0.0342. The van der Waals surface area contributed by atoms with Crippen LogP contribution in [0.4, 0.5) is 10.5 Å². The van der Waals surface area contributed by atoms with Crippen LogP contribution in [0.15, 0.2) is 12.1 Å². The first-order chi connectivity index (χ1) is 14.1. The monoisotopic (exact) mass is 436 g/mol. The number of aryl methyl sites for hydroxylation is 1. The van der Waals surface area contributed by atoms with Gasteiger partial charge in [0, 0.05) is 43.9 Å². The van der Waals surface area contributed by atoms with Crippen molar-refractivity contribution in [2.75, 3.05) is 31.6 Å². The molecule has 1 heterocycles. The number of carbonyl (C=O) groups excluding carboxylic acids is 3. The lowest BCUT2D eigenvalue weighted by Gasteiger charge is -2.41. The van der Waals surface area contributed by atoms with Crippen molar-refractivity contribution in [1.29, 1.82) is 0 Å². The Kier molecular flexibility index (Phi) is 6.17. The average Bonchev–Trinajstić information content (AvgIpc) is 3.34. The van der Waals surface area contributed by atoms with Crippen LogP contribution in [0.3, 0.4) is 0 Å². The summed E-state index contributed by atoms with van der Waals surface area (Å²) in [7, 11) is 1.60. The van der Waals surface area contributed by atoms with E-state index in [2.05, 4.69) is 17.1 Å². The highest BCUT2D eigenvalue weighted by atomic mass is 35.5. The molecule has 164 valence electrons. The second-order valence-electron chi connectivity index (χ2n) is 8.50. The summed E-state index contributed by atoms with van der Waals surface area (Å²) in [6.45, 7) is 7.68. The van der Waals surface area contributed by atoms with Gasteiger partial charge in [-0.15, -0.1) is 0 Å². The molecule has 0 radical (unpaired) electrons. The van der Waals surface area contributed by atoms with E-state index in [9.17, 15) is 14.4 Å². The van der Waals surface area contributed by atoms with E-state index in [1.54, 1.807) is 14.0 Å². The molecule has 1 saturated carbocycles. The normalized spacial score (nSPS) is 25.6. The van der Waals surface area contributed by atoms with Crippen molar-refractivity contribution in [3.05, 3.63) is 22.7 Å². The Labute approximate surface area is 181 Å². The maximum absolute atomic E-state index is 12.8. The van der Waals surface area contributed by atoms with Gasteiger partial charge in [-0.2, -0.15) is 0 Å². The molecule has 2 aliphatic rings. The standard InChI is InChI=1S/C21H29ClN4O4/c1-12-7-15(9-16(30-4)18(12)22)26-6-5-25(11-13(26)2)17(27)8-14-10-21(14,3)19(28)24-20(23)29/h7,9,13-14H,5-6,8,10-11H2,1-4H3,(H3,23,24,28,29)/t13-,14?,21+/m0/s1. The Morgan fingerprint density at radius 1 is 1.33 bits per heavy atom. The van der Waals surface area contributed by atoms with Gasteiger partial charge in [0.1, 0.15) is 5.75 Å². The fourth-order valence-corrected chi connectivity index (χ4v) is 4.41. The van der Waals surface area contributed by atoms with E-state index in [1.807, 2.05) is 24.0 Å². The summed E-state index contributed by atoms with van der Waals surface area (Å²) in [5.74, 6) is 0.200. The zero-order chi connectivity index (χ0) is 22.2. The molecular formula is C21H29ClN4O4. The van der Waals surface area contributed by atoms with Gasteiger partial charge in [-0.25, -0.2) is 4.79 Å². The van der Waals surface area contributed by atoms with Gasteiger partial charge in [0.2, 0.25) is 11.8 Å². The van der Waals surface area contributed by atoms with Crippen molar-refractivity contribution >= 4 is 35.1 Å². The highest BCUT2D eigenvalue weighted by molar-refractivity contribution is 6.32. The molecule has 9 heteroatoms. The molecular weight excluding hydrogens is 408 g/mol. The Balaban J connectivity index is 1.59. The molecule has 1 aliphatic carbocycles. The van der Waals surface area contributed by atoms with Crippen LogP contribution in [0.5, 0.6) is 5.75 Å². The number of methoxy groups -OCH3 is 1. The Bertz CT molecular complexity index is 877. The number of halogens is 1. The third-order valence-corrected chi connectivity index (χ3v) is 6.81. The predicted octanol–water partition coefficient (Wildman–Crippen LogP) is 2.31. The minimum atomic E-state index is -0.864. The summed E-state index contributed by atoms with van der Waals surface area (Å²) < 4.78 is 5.38. The number of nitrogens with two attached hydrogens (primary N) is 1. The number of ether oxygens (including phenoxy) is 1. The Hall–Kier alpha value is -2.48. The molecule has 1 saturated heterocycles. The summed E-state index contributed by atoms with van der Waals surface area (Å²) in [4.78, 5) is 39.9. The number of carbonyl (C=O) groups is 3. The van der Waals surface area contributed by atoms with E-state index < -0.39 is 17.4 Å². The van der Waals surface area contributed by atoms with Crippen LogP contribution in [0.25, 0.3) is 0 Å². The number of hydrogen-bond donors (Lipinski definition) is 2. The second-order valence-corrected chi connectivity index (χ2v) is 8.88. The maximum Gasteiger partial charge on any atom is 0.318 e. The minimum Gasteiger partial charge on any atom is -0.495 e. The molecule has 1 unspecified atom stereocenters. The summed E-state index contributed by atoms with van der Waals surface area (Å²) >= 11 is 6.28. The summed E-state index contributed by atoms with van der Waals surface area (Å²) in [5, 5.41) is 2.73. The molecule has 4 amide bonds. The van der Waals surface area contributed by atoms with Crippen LogP contribution >= 0.6 is 11.6 Å². The van der Waals surface area contributed by atoms with E-state index in [0.717, 1.165) is 11.3 Å². The highest BCUT2D eigenvalue weighted by Crippen LogP contribution is 2.54. The van der Waals surface area contributed by atoms with E-state index in [4.69, 9.17) is 22.1 Å². The van der Waals surface area contributed by atoms with E-state index in [-0.39, 0.29) is 17.9 Å². The van der Waals surface area contributed by atoms with Crippen molar-refractivity contribution in [1.82, 2.24) is 10.2 Å². The molecule has 1 aliphatic heterocycles. The van der Waals surface area contributed by atoms with Crippen molar-refractivity contribution in [3.63, 3.8) is 0 Å². The van der Waals surface area contributed by atoms with E-state index >= 15 is 0 Å². The van der Waals surface area contributed by atoms with Crippen molar-refractivity contribution in [2.45, 2.75) is 39.7 Å². The van der Waals surface area contributed by atoms with Crippen LogP contribution in [0.2, 0.25) is 5.02 Å². The lowest BCUT2D eigenvalue weighted by molar-refractivity contribution is -0.132. The number of rotatable bonds is 5. The van der Waals surface area contributed by atoms with Crippen LogP contribution in [-0.4, -0.2) is 55.5 Å². The lowest BCUT2D eigenvalue weighted by Crippen LogP contribution is -2.54. The van der Waals surface area contributed by atoms with Crippen molar-refractivity contribution in [3.8, 4) is 5.75 Å². The molecule has 0 bridgehead atoms. The van der Waals surface area contributed by atoms with Gasteiger partial charge in [0.05, 0.1) is 17.5 Å². The summed E-state index contributed by atoms with van der Waals surface area (Å²) in [5.41, 5.74) is 6.29. The molecule has 8 nitrogen and oxygen atoms in total. The first-order valence-corrected chi connectivity index (χ1v) is 10.4. The average molecular weight is 437 g/mol. The third kappa shape index (κ3) is 4.33. The number of imide groups is 1. The number of nitrogens with zero attached hydrogens (tertiary/aromatic N) is 2. The van der Waals surface area contributed by atoms with Gasteiger partial charge >= 0.3 is 6.03 Å². The Morgan fingerprint density at radius 3 is 2.63 bits per heavy atom. The molecule has 0 spiro atoms. The van der Waals surface area contributed by atoms with Crippen molar-refractivity contribution in [2.24, 2.45) is 17.1 Å². The summed E-state index contributed by atoms with van der Waals surface area (Å²) in [6.07, 6.45) is 0.875. The zero-order valence-electron chi connectivity index (χ0n) is 17.8. The SMILES string of the molecule is COc1cc(N2CCN(C(=O)CC3C[C@@]3(C)C(=O)NC(N)=O)C[C@@H]2C)cc(C)c1Cl. The van der Waals surface area contributed by atoms with Crippen LogP contribution < -0.4 is 20.7 Å². The molecule has 3 rings (SSSR count). The third-order valence-electron chi connectivity index (χ3n) is 6.33. The zero-order valence-corrected chi connectivity index (χ0v) is 18.6. The molecule has 3 atom stereocenters. The van der Waals surface area contributed by atoms with Gasteiger partial charge in [-0.3, -0.25) is 14.9 Å². The quantitative estimate of drug-likeness (QED) is 0.736. The molecule has 3 N–H and O–H groups in total. The second kappa shape index (κ2) is 8.34. The first kappa shape index (κ1) is 22.2. The van der Waals surface area contributed by atoms with Gasteiger partial charge in [0.15, 0.2) is 0 Å². The van der Waals surface area contributed by atoms with Crippen LogP contribution in [-0.2, 0) is 9.59 Å². The predicted molar refractivity (Wildman–Crippen MR) is 115 cm³/mol.